The lowest BCUT2D eigenvalue weighted by molar-refractivity contribution is -0.131. The maximum atomic E-state index is 14.7. The van der Waals surface area contributed by atoms with Gasteiger partial charge in [-0.1, -0.05) is 91.0 Å². The number of para-hydroxylation sites is 1. The van der Waals surface area contributed by atoms with Gasteiger partial charge in [0, 0.05) is 42.4 Å². The van der Waals surface area contributed by atoms with E-state index in [4.69, 9.17) is 19.9 Å². The number of aromatic nitrogens is 1. The molecule has 0 saturated carbocycles. The van der Waals surface area contributed by atoms with Crippen LogP contribution in [0.15, 0.2) is 133 Å². The zero-order valence-corrected chi connectivity index (χ0v) is 43.7. The molecule has 0 unspecified atom stereocenters. The van der Waals surface area contributed by atoms with Crippen molar-refractivity contribution in [3.05, 3.63) is 161 Å². The Balaban J connectivity index is 1.15. The number of amides is 6. The monoisotopic (exact) mass is 1040 g/mol. The SMILES string of the molecule is CC(C)(C)OC(=O)NCCCC[C@H](NC(=O)[C@H](Cc1ccc(OC(C)(C)C)cc1)NC(=O)[C@@H](N)Cc1ccc(F)cc1)C(=O)N=C(Cc1c[nH]c2ccccc12)C(=O)NC(=O)OCC1c2ccccc2-c2ccccc21. The van der Waals surface area contributed by atoms with Crippen LogP contribution in [0.2, 0.25) is 0 Å². The molecule has 0 radical (unpaired) electrons. The van der Waals surface area contributed by atoms with Gasteiger partial charge < -0.3 is 40.9 Å². The van der Waals surface area contributed by atoms with Gasteiger partial charge in [0.15, 0.2) is 0 Å². The fourth-order valence-electron chi connectivity index (χ4n) is 8.88. The van der Waals surface area contributed by atoms with Crippen LogP contribution in [0.25, 0.3) is 22.0 Å². The Bertz CT molecular complexity index is 3020. The summed E-state index contributed by atoms with van der Waals surface area (Å²) in [6, 6.07) is 31.7. The van der Waals surface area contributed by atoms with E-state index < -0.39 is 71.0 Å². The first kappa shape index (κ1) is 55.6. The highest BCUT2D eigenvalue weighted by Gasteiger charge is 2.32. The first-order chi connectivity index (χ1) is 36.2. The summed E-state index contributed by atoms with van der Waals surface area (Å²) in [6.45, 7) is 11.0. The van der Waals surface area contributed by atoms with Crippen molar-refractivity contribution >= 4 is 52.4 Å². The van der Waals surface area contributed by atoms with Crippen molar-refractivity contribution in [3.63, 3.8) is 0 Å². The fraction of sp³-hybridized carbons (Fsp3) is 0.339. The number of carbonyl (C=O) groups excluding carboxylic acids is 6. The average Bonchev–Trinajstić information content (AvgIpc) is 3.95. The number of nitrogens with two attached hydrogens (primary N) is 1. The number of H-pyrrole nitrogens is 1. The third-order valence-electron chi connectivity index (χ3n) is 12.4. The number of benzene rings is 5. The molecule has 7 rings (SSSR count). The van der Waals surface area contributed by atoms with Crippen LogP contribution < -0.4 is 31.7 Å². The Morgan fingerprint density at radius 2 is 1.30 bits per heavy atom. The van der Waals surface area contributed by atoms with Crippen LogP contribution in [0.5, 0.6) is 5.75 Å². The molecular weight excluding hydrogens is 970 g/mol. The minimum atomic E-state index is -1.39. The second-order valence-electron chi connectivity index (χ2n) is 20.8. The molecule has 1 aliphatic carbocycles. The number of rotatable bonds is 20. The molecule has 398 valence electrons. The van der Waals surface area contributed by atoms with E-state index in [-0.39, 0.29) is 56.9 Å². The van der Waals surface area contributed by atoms with Crippen LogP contribution in [0.3, 0.4) is 0 Å². The standard InChI is InChI=1S/C59H66FN7O9/c1-58(2,3)75-40-28-24-37(25-29-40)32-50(65-52(68)47(61)31-36-22-26-39(60)27-23-36)54(70)64-49(21-13-14-30-62-56(72)76-59(4,5)6)53(69)66-51(33-38-34-63-48-20-12-11-15-41(38)48)55(71)67-57(73)74-35-46-44-18-9-7-16-42(44)43-17-8-10-19-45(43)46/h7-12,15-20,22-29,34,46-47,49-50,63H,13-14,21,30-33,35,61H2,1-6H3,(H,62,72)(H,64,70)(H,65,68)(H,67,71,73)/t47-,49-,50-/m0/s1. The Morgan fingerprint density at radius 3 is 1.96 bits per heavy atom. The van der Waals surface area contributed by atoms with E-state index in [0.29, 0.717) is 28.9 Å². The van der Waals surface area contributed by atoms with Gasteiger partial charge in [-0.15, -0.1) is 0 Å². The molecule has 7 N–H and O–H groups in total. The summed E-state index contributed by atoms with van der Waals surface area (Å²) >= 11 is 0. The number of carbonyl (C=O) groups is 6. The Kier molecular flexibility index (Phi) is 18.2. The van der Waals surface area contributed by atoms with Gasteiger partial charge in [0.2, 0.25) is 11.8 Å². The summed E-state index contributed by atoms with van der Waals surface area (Å²) in [5.41, 5.74) is 11.4. The van der Waals surface area contributed by atoms with Crippen LogP contribution in [0, 0.1) is 5.82 Å². The molecule has 6 aromatic rings. The van der Waals surface area contributed by atoms with Gasteiger partial charge in [0.05, 0.1) is 6.04 Å². The lowest BCUT2D eigenvalue weighted by Gasteiger charge is -2.24. The number of aliphatic imine (C=N–C) groups is 1. The van der Waals surface area contributed by atoms with Crippen molar-refractivity contribution in [3.8, 4) is 16.9 Å². The van der Waals surface area contributed by atoms with Crippen molar-refractivity contribution in [1.82, 2.24) is 26.3 Å². The summed E-state index contributed by atoms with van der Waals surface area (Å²) < 4.78 is 30.8. The van der Waals surface area contributed by atoms with Crippen LogP contribution in [0.1, 0.15) is 94.5 Å². The van der Waals surface area contributed by atoms with Crippen molar-refractivity contribution in [2.45, 2.75) is 115 Å². The van der Waals surface area contributed by atoms with Crippen molar-refractivity contribution in [1.29, 1.82) is 0 Å². The van der Waals surface area contributed by atoms with Crippen LogP contribution >= 0.6 is 0 Å². The number of ether oxygens (including phenoxy) is 3. The van der Waals surface area contributed by atoms with Gasteiger partial charge in [-0.05, 0) is 137 Å². The fourth-order valence-corrected chi connectivity index (χ4v) is 8.88. The lowest BCUT2D eigenvalue weighted by atomic mass is 9.98. The second kappa shape index (κ2) is 24.9. The summed E-state index contributed by atoms with van der Waals surface area (Å²) in [7, 11) is 0. The highest BCUT2D eigenvalue weighted by Crippen LogP contribution is 2.44. The average molecular weight is 1040 g/mol. The lowest BCUT2D eigenvalue weighted by Crippen LogP contribution is -2.55. The molecule has 6 amide bonds. The minimum absolute atomic E-state index is 0.0258. The number of fused-ring (bicyclic) bond motifs is 4. The number of unbranched alkanes of at least 4 members (excludes halogenated alkanes) is 1. The molecule has 17 heteroatoms. The Morgan fingerprint density at radius 1 is 0.697 bits per heavy atom. The van der Waals surface area contributed by atoms with Crippen molar-refractivity contribution < 1.29 is 47.4 Å². The van der Waals surface area contributed by atoms with E-state index in [1.54, 1.807) is 51.2 Å². The molecule has 1 aliphatic rings. The number of alkyl carbamates (subject to hydrolysis) is 2. The van der Waals surface area contributed by atoms with Gasteiger partial charge in [0.1, 0.15) is 47.2 Å². The molecule has 1 aromatic heterocycles. The van der Waals surface area contributed by atoms with Crippen LogP contribution in [-0.4, -0.2) is 89.0 Å². The zero-order valence-electron chi connectivity index (χ0n) is 43.7. The van der Waals surface area contributed by atoms with Gasteiger partial charge in [-0.25, -0.2) is 19.0 Å². The Labute approximate surface area is 441 Å². The second-order valence-corrected chi connectivity index (χ2v) is 20.8. The van der Waals surface area contributed by atoms with Gasteiger partial charge in [-0.2, -0.15) is 0 Å². The summed E-state index contributed by atoms with van der Waals surface area (Å²) in [5, 5.41) is 11.3. The molecule has 16 nitrogen and oxygen atoms in total. The number of nitrogens with zero attached hydrogens (tertiary/aromatic N) is 1. The van der Waals surface area contributed by atoms with Crippen LogP contribution in [0.4, 0.5) is 14.0 Å². The first-order valence-electron chi connectivity index (χ1n) is 25.4. The number of imide groups is 1. The van der Waals surface area contributed by atoms with E-state index >= 15 is 0 Å². The normalized spacial score (nSPS) is 13.6. The molecule has 3 atom stereocenters. The topological polar surface area (TPSA) is 232 Å². The predicted octanol–water partition coefficient (Wildman–Crippen LogP) is 8.54. The van der Waals surface area contributed by atoms with Crippen molar-refractivity contribution in [2.24, 2.45) is 10.7 Å². The van der Waals surface area contributed by atoms with Gasteiger partial charge in [-0.3, -0.25) is 24.5 Å². The number of halogens is 1. The molecule has 0 saturated heterocycles. The quantitative estimate of drug-likeness (QED) is 0.0315. The Hall–Kier alpha value is -8.18. The van der Waals surface area contributed by atoms with Crippen molar-refractivity contribution in [2.75, 3.05) is 13.2 Å². The third-order valence-corrected chi connectivity index (χ3v) is 12.4. The molecule has 0 aliphatic heterocycles. The van der Waals surface area contributed by atoms with E-state index in [0.717, 1.165) is 33.2 Å². The molecule has 0 bridgehead atoms. The molecule has 76 heavy (non-hydrogen) atoms. The molecule has 5 aromatic carbocycles. The van der Waals surface area contributed by atoms with E-state index in [9.17, 15) is 33.2 Å². The first-order valence-corrected chi connectivity index (χ1v) is 25.4. The summed E-state index contributed by atoms with van der Waals surface area (Å²) in [5.74, 6) is -3.53. The van der Waals surface area contributed by atoms with Gasteiger partial charge >= 0.3 is 12.2 Å². The molecule has 0 fully saturated rings. The summed E-state index contributed by atoms with van der Waals surface area (Å²) in [6.07, 6.45) is 0.352. The maximum Gasteiger partial charge on any atom is 0.414 e. The van der Waals surface area contributed by atoms with E-state index in [1.807, 2.05) is 93.6 Å². The summed E-state index contributed by atoms with van der Waals surface area (Å²) in [4.78, 5) is 90.9. The van der Waals surface area contributed by atoms with Gasteiger partial charge in [0.25, 0.3) is 11.8 Å². The maximum absolute atomic E-state index is 14.7. The highest BCUT2D eigenvalue weighted by molar-refractivity contribution is 6.43. The number of hydrogen-bond donors (Lipinski definition) is 6. The smallest absolute Gasteiger partial charge is 0.414 e. The predicted molar refractivity (Wildman–Crippen MR) is 288 cm³/mol. The van der Waals surface area contributed by atoms with E-state index in [1.165, 1.54) is 24.3 Å². The number of nitrogens with one attached hydrogen (secondary N) is 5. The van der Waals surface area contributed by atoms with Crippen LogP contribution in [-0.2, 0) is 47.9 Å². The van der Waals surface area contributed by atoms with E-state index in [2.05, 4.69) is 31.2 Å². The zero-order chi connectivity index (χ0) is 54.6. The molecular formula is C59H66FN7O9. The largest absolute Gasteiger partial charge is 0.488 e. The molecule has 0 spiro atoms. The molecule has 1 heterocycles. The number of hydrogen-bond acceptors (Lipinski definition) is 10. The number of aromatic amines is 1. The highest BCUT2D eigenvalue weighted by atomic mass is 19.1. The minimum Gasteiger partial charge on any atom is -0.488 e. The third kappa shape index (κ3) is 15.7.